The number of aromatic nitrogens is 1. The lowest BCUT2D eigenvalue weighted by Gasteiger charge is -2.19. The fourth-order valence-electron chi connectivity index (χ4n) is 1.50. The van der Waals surface area contributed by atoms with E-state index in [2.05, 4.69) is 4.98 Å². The van der Waals surface area contributed by atoms with Gasteiger partial charge in [0.05, 0.1) is 12.7 Å². The van der Waals surface area contributed by atoms with Gasteiger partial charge in [0.2, 0.25) is 5.89 Å². The van der Waals surface area contributed by atoms with E-state index in [1.807, 2.05) is 37.3 Å². The second-order valence-electron chi connectivity index (χ2n) is 3.61. The molecule has 0 fully saturated rings. The second-order valence-corrected chi connectivity index (χ2v) is 3.61. The Morgan fingerprint density at radius 3 is 3.00 bits per heavy atom. The zero-order chi connectivity index (χ0) is 12.1. The Kier molecular flexibility index (Phi) is 3.69. The quantitative estimate of drug-likeness (QED) is 0.816. The van der Waals surface area contributed by atoms with E-state index >= 15 is 0 Å². The lowest BCUT2D eigenvalue weighted by molar-refractivity contribution is -0.773. The number of quaternary nitrogens is 1. The molecular weight excluding hydrogens is 216 g/mol. The van der Waals surface area contributed by atoms with Crippen LogP contribution in [0.1, 0.15) is 18.4 Å². The van der Waals surface area contributed by atoms with Gasteiger partial charge in [0, 0.05) is 12.1 Å². The number of oxazole rings is 1. The molecule has 0 spiro atoms. The Bertz CT molecular complexity index is 492. The van der Waals surface area contributed by atoms with Crippen LogP contribution in [-0.4, -0.2) is 11.5 Å². The molecule has 1 aromatic heterocycles. The Morgan fingerprint density at radius 2 is 2.29 bits per heavy atom. The van der Waals surface area contributed by atoms with Crippen molar-refractivity contribution in [2.75, 3.05) is 6.54 Å². The van der Waals surface area contributed by atoms with Crippen molar-refractivity contribution < 1.29 is 9.48 Å². The summed E-state index contributed by atoms with van der Waals surface area (Å²) < 4.78 is 5.09. The highest BCUT2D eigenvalue weighted by atomic mass is 16.5. The SMILES string of the molecule is CC[NH+]([O-])c1cccc(/C=C/c2ncco2)c1. The Morgan fingerprint density at radius 1 is 1.41 bits per heavy atom. The molecule has 0 aliphatic heterocycles. The maximum Gasteiger partial charge on any atom is 0.218 e. The number of hydrogen-bond donors (Lipinski definition) is 1. The highest BCUT2D eigenvalue weighted by Crippen LogP contribution is 2.10. The van der Waals surface area contributed by atoms with Gasteiger partial charge in [-0.2, -0.15) is 0 Å². The van der Waals surface area contributed by atoms with Crippen molar-refractivity contribution in [2.24, 2.45) is 0 Å². The normalized spacial score (nSPS) is 13.1. The van der Waals surface area contributed by atoms with Crippen LogP contribution in [0.5, 0.6) is 0 Å². The molecule has 1 heterocycles. The highest BCUT2D eigenvalue weighted by molar-refractivity contribution is 5.67. The molecule has 4 nitrogen and oxygen atoms in total. The minimum absolute atomic E-state index is 0.149. The van der Waals surface area contributed by atoms with Gasteiger partial charge in [0.15, 0.2) is 0 Å². The topological polar surface area (TPSA) is 53.5 Å². The van der Waals surface area contributed by atoms with Crippen molar-refractivity contribution in [3.05, 3.63) is 53.4 Å². The Hall–Kier alpha value is -1.91. The fraction of sp³-hybridized carbons (Fsp3) is 0.154. The summed E-state index contributed by atoms with van der Waals surface area (Å²) in [6.07, 6.45) is 6.77. The molecule has 0 saturated carbocycles. The molecule has 88 valence electrons. The summed E-state index contributed by atoms with van der Waals surface area (Å²) >= 11 is 0. The van der Waals surface area contributed by atoms with Crippen LogP contribution >= 0.6 is 0 Å². The summed E-state index contributed by atoms with van der Waals surface area (Å²) in [5.74, 6) is 0.553. The number of nitrogens with zero attached hydrogens (tertiary/aromatic N) is 1. The molecule has 0 saturated heterocycles. The molecule has 0 aliphatic rings. The van der Waals surface area contributed by atoms with Crippen LogP contribution in [0.25, 0.3) is 12.2 Å². The smallest absolute Gasteiger partial charge is 0.218 e. The molecule has 2 rings (SSSR count). The van der Waals surface area contributed by atoms with Crippen LogP contribution in [-0.2, 0) is 0 Å². The first-order valence-electron chi connectivity index (χ1n) is 5.50. The summed E-state index contributed by atoms with van der Waals surface area (Å²) in [6.45, 7) is 2.38. The third-order valence-electron chi connectivity index (χ3n) is 2.40. The number of nitrogens with one attached hydrogen (secondary N) is 1. The summed E-state index contributed by atoms with van der Waals surface area (Å²) in [7, 11) is 0. The van der Waals surface area contributed by atoms with Gasteiger partial charge >= 0.3 is 0 Å². The molecule has 1 N–H and O–H groups in total. The van der Waals surface area contributed by atoms with Crippen molar-refractivity contribution in [1.82, 2.24) is 4.98 Å². The predicted molar refractivity (Wildman–Crippen MR) is 66.4 cm³/mol. The van der Waals surface area contributed by atoms with Gasteiger partial charge in [-0.05, 0) is 24.6 Å². The molecule has 1 atom stereocenters. The average molecular weight is 230 g/mol. The minimum atomic E-state index is 0.149. The lowest BCUT2D eigenvalue weighted by atomic mass is 10.2. The number of benzene rings is 1. The molecular formula is C13H14N2O2. The predicted octanol–water partition coefficient (Wildman–Crippen LogP) is 1.88. The van der Waals surface area contributed by atoms with Gasteiger partial charge in [0.1, 0.15) is 12.0 Å². The molecule has 0 aliphatic carbocycles. The number of rotatable bonds is 4. The van der Waals surface area contributed by atoms with Crippen LogP contribution in [0.4, 0.5) is 5.69 Å². The van der Waals surface area contributed by atoms with Gasteiger partial charge in [-0.25, -0.2) is 4.98 Å². The van der Waals surface area contributed by atoms with Gasteiger partial charge in [-0.15, -0.1) is 0 Å². The maximum atomic E-state index is 11.5. The first-order valence-corrected chi connectivity index (χ1v) is 5.50. The maximum absolute atomic E-state index is 11.5. The van der Waals surface area contributed by atoms with E-state index in [0.29, 0.717) is 12.4 Å². The van der Waals surface area contributed by atoms with Crippen molar-refractivity contribution in [1.29, 1.82) is 0 Å². The number of hydrogen-bond acceptors (Lipinski definition) is 3. The molecule has 2 aromatic rings. The molecule has 0 bridgehead atoms. The van der Waals surface area contributed by atoms with Crippen LogP contribution < -0.4 is 5.06 Å². The largest absolute Gasteiger partial charge is 0.629 e. The molecule has 1 unspecified atom stereocenters. The Balaban J connectivity index is 2.16. The first kappa shape index (κ1) is 11.6. The van der Waals surface area contributed by atoms with E-state index in [1.54, 1.807) is 12.3 Å². The second kappa shape index (κ2) is 5.43. The number of hydroxylamine groups is 1. The summed E-state index contributed by atoms with van der Waals surface area (Å²) in [5, 5.41) is 11.7. The lowest BCUT2D eigenvalue weighted by Crippen LogP contribution is -3.01. The average Bonchev–Trinajstić information content (AvgIpc) is 2.89. The van der Waals surface area contributed by atoms with E-state index in [0.717, 1.165) is 11.3 Å². The zero-order valence-electron chi connectivity index (χ0n) is 9.59. The summed E-state index contributed by atoms with van der Waals surface area (Å²) in [4.78, 5) is 3.98. The highest BCUT2D eigenvalue weighted by Gasteiger charge is 1.99. The third-order valence-corrected chi connectivity index (χ3v) is 2.40. The molecule has 4 heteroatoms. The molecule has 1 aromatic carbocycles. The van der Waals surface area contributed by atoms with Gasteiger partial charge in [-0.1, -0.05) is 12.1 Å². The first-order chi connectivity index (χ1) is 8.29. The van der Waals surface area contributed by atoms with Gasteiger partial charge in [-0.3, -0.25) is 0 Å². The van der Waals surface area contributed by atoms with Crippen LogP contribution in [0.15, 0.2) is 41.1 Å². The molecule has 17 heavy (non-hydrogen) atoms. The van der Waals surface area contributed by atoms with Crippen molar-refractivity contribution in [3.63, 3.8) is 0 Å². The summed E-state index contributed by atoms with van der Waals surface area (Å²) in [6, 6.07) is 7.50. The van der Waals surface area contributed by atoms with E-state index in [-0.39, 0.29) is 5.06 Å². The fourth-order valence-corrected chi connectivity index (χ4v) is 1.50. The molecule has 0 amide bonds. The summed E-state index contributed by atoms with van der Waals surface area (Å²) in [5.41, 5.74) is 1.70. The monoisotopic (exact) mass is 230 g/mol. The van der Waals surface area contributed by atoms with Crippen molar-refractivity contribution >= 4 is 17.8 Å². The van der Waals surface area contributed by atoms with E-state index in [1.165, 1.54) is 6.26 Å². The third kappa shape index (κ3) is 3.03. The van der Waals surface area contributed by atoms with E-state index in [4.69, 9.17) is 4.42 Å². The Labute approximate surface area is 99.8 Å². The minimum Gasteiger partial charge on any atom is -0.629 e. The van der Waals surface area contributed by atoms with Crippen LogP contribution in [0.2, 0.25) is 0 Å². The van der Waals surface area contributed by atoms with Crippen molar-refractivity contribution in [3.8, 4) is 0 Å². The van der Waals surface area contributed by atoms with Crippen LogP contribution in [0, 0.1) is 5.21 Å². The molecule has 0 radical (unpaired) electrons. The van der Waals surface area contributed by atoms with Crippen molar-refractivity contribution in [2.45, 2.75) is 6.92 Å². The van der Waals surface area contributed by atoms with Crippen LogP contribution in [0.3, 0.4) is 0 Å². The standard InChI is InChI=1S/C13H14N2O2/c1-2-15(16)12-5-3-4-11(10-12)6-7-13-14-8-9-17-13/h3-10,15H,2H2,1H3/b7-6+. The van der Waals surface area contributed by atoms with Gasteiger partial charge < -0.3 is 14.7 Å². The zero-order valence-corrected chi connectivity index (χ0v) is 9.59. The van der Waals surface area contributed by atoms with Gasteiger partial charge in [0.25, 0.3) is 0 Å². The van der Waals surface area contributed by atoms with E-state index < -0.39 is 0 Å². The van der Waals surface area contributed by atoms with E-state index in [9.17, 15) is 5.21 Å².